The minimum absolute atomic E-state index is 0.174. The number of rotatable bonds is 4. The topological polar surface area (TPSA) is 85.2 Å². The number of amides is 1. The van der Waals surface area contributed by atoms with E-state index in [9.17, 15) is 4.79 Å². The summed E-state index contributed by atoms with van der Waals surface area (Å²) in [6.07, 6.45) is 1.55. The Hall–Kier alpha value is -1.78. The van der Waals surface area contributed by atoms with Crippen molar-refractivity contribution in [1.82, 2.24) is 4.98 Å². The molecular weight excluding hydrogens is 180 g/mol. The highest BCUT2D eigenvalue weighted by molar-refractivity contribution is 5.79. The van der Waals surface area contributed by atoms with Crippen LogP contribution in [0.2, 0.25) is 0 Å². The second-order valence-electron chi connectivity index (χ2n) is 2.93. The van der Waals surface area contributed by atoms with E-state index >= 15 is 0 Å². The number of hydrogen-bond acceptors (Lipinski definition) is 4. The van der Waals surface area contributed by atoms with Crippen LogP contribution in [0, 0.1) is 0 Å². The van der Waals surface area contributed by atoms with Gasteiger partial charge in [0.2, 0.25) is 5.91 Å². The monoisotopic (exact) mass is 194 g/mol. The van der Waals surface area contributed by atoms with Crippen molar-refractivity contribution < 1.29 is 4.79 Å². The number of aromatic nitrogens is 1. The van der Waals surface area contributed by atoms with Gasteiger partial charge in [0.15, 0.2) is 0 Å². The number of primary amides is 1. The number of nitrogen functional groups attached to an aromatic ring is 1. The molecule has 0 aromatic carbocycles. The molecule has 0 aliphatic rings. The van der Waals surface area contributed by atoms with Crippen LogP contribution in [-0.2, 0) is 4.79 Å². The van der Waals surface area contributed by atoms with Crippen LogP contribution in [0.25, 0.3) is 0 Å². The van der Waals surface area contributed by atoms with E-state index in [-0.39, 0.29) is 12.5 Å². The zero-order valence-corrected chi connectivity index (χ0v) is 8.10. The molecule has 1 aromatic rings. The Labute approximate surface area is 82.7 Å². The number of hydrogen-bond donors (Lipinski definition) is 2. The third kappa shape index (κ3) is 2.62. The van der Waals surface area contributed by atoms with E-state index in [1.807, 2.05) is 6.92 Å². The van der Waals surface area contributed by atoms with Gasteiger partial charge in [-0.1, -0.05) is 0 Å². The summed E-state index contributed by atoms with van der Waals surface area (Å²) in [5.41, 5.74) is 11.2. The van der Waals surface area contributed by atoms with Gasteiger partial charge in [-0.05, 0) is 19.1 Å². The van der Waals surface area contributed by atoms with Gasteiger partial charge in [0.25, 0.3) is 0 Å². The number of likely N-dealkylation sites (N-methyl/N-ethyl adjacent to an activating group) is 1. The van der Waals surface area contributed by atoms with Gasteiger partial charge in [0.1, 0.15) is 5.82 Å². The van der Waals surface area contributed by atoms with Gasteiger partial charge in [-0.25, -0.2) is 4.98 Å². The number of nitrogens with zero attached hydrogens (tertiary/aromatic N) is 2. The average molecular weight is 194 g/mol. The van der Waals surface area contributed by atoms with E-state index in [1.54, 1.807) is 23.2 Å². The molecule has 5 heteroatoms. The minimum atomic E-state index is -0.370. The predicted octanol–water partition coefficient (Wildman–Crippen LogP) is -0.0246. The van der Waals surface area contributed by atoms with E-state index in [0.29, 0.717) is 18.1 Å². The molecule has 0 saturated heterocycles. The van der Waals surface area contributed by atoms with Crippen LogP contribution in [0.1, 0.15) is 6.92 Å². The van der Waals surface area contributed by atoms with E-state index < -0.39 is 0 Å². The van der Waals surface area contributed by atoms with Gasteiger partial charge >= 0.3 is 0 Å². The Morgan fingerprint density at radius 2 is 2.29 bits per heavy atom. The van der Waals surface area contributed by atoms with Crippen molar-refractivity contribution in [3.05, 3.63) is 18.3 Å². The molecule has 0 fully saturated rings. The van der Waals surface area contributed by atoms with Crippen molar-refractivity contribution in [1.29, 1.82) is 0 Å². The van der Waals surface area contributed by atoms with E-state index in [4.69, 9.17) is 11.5 Å². The van der Waals surface area contributed by atoms with Gasteiger partial charge in [-0.2, -0.15) is 0 Å². The van der Waals surface area contributed by atoms with Crippen LogP contribution < -0.4 is 16.4 Å². The molecular formula is C9H14N4O. The Morgan fingerprint density at radius 3 is 2.71 bits per heavy atom. The second-order valence-corrected chi connectivity index (χ2v) is 2.93. The Morgan fingerprint density at radius 1 is 1.57 bits per heavy atom. The molecule has 0 aliphatic carbocycles. The van der Waals surface area contributed by atoms with E-state index in [1.165, 1.54) is 0 Å². The molecule has 0 saturated carbocycles. The highest BCUT2D eigenvalue weighted by Crippen LogP contribution is 2.11. The van der Waals surface area contributed by atoms with Crippen LogP contribution >= 0.6 is 0 Å². The molecule has 0 atom stereocenters. The molecule has 0 bridgehead atoms. The lowest BCUT2D eigenvalue weighted by Crippen LogP contribution is -2.34. The van der Waals surface area contributed by atoms with E-state index in [0.717, 1.165) is 0 Å². The molecule has 0 unspecified atom stereocenters. The summed E-state index contributed by atoms with van der Waals surface area (Å²) in [6.45, 7) is 2.79. The van der Waals surface area contributed by atoms with Gasteiger partial charge in [-0.15, -0.1) is 0 Å². The lowest BCUT2D eigenvalue weighted by molar-refractivity contribution is -0.116. The molecule has 1 rings (SSSR count). The Balaban J connectivity index is 2.78. The second kappa shape index (κ2) is 4.45. The average Bonchev–Trinajstić information content (AvgIpc) is 2.15. The maximum Gasteiger partial charge on any atom is 0.236 e. The summed E-state index contributed by atoms with van der Waals surface area (Å²) in [7, 11) is 0. The molecule has 1 heterocycles. The van der Waals surface area contributed by atoms with Crippen LogP contribution in [0.4, 0.5) is 11.5 Å². The first-order valence-corrected chi connectivity index (χ1v) is 4.38. The number of anilines is 2. The Kier molecular flexibility index (Phi) is 3.28. The summed E-state index contributed by atoms with van der Waals surface area (Å²) in [5, 5.41) is 0. The number of carbonyl (C=O) groups excluding carboxylic acids is 1. The first-order valence-electron chi connectivity index (χ1n) is 4.38. The van der Waals surface area contributed by atoms with Crippen molar-refractivity contribution in [2.75, 3.05) is 23.7 Å². The molecule has 1 aromatic heterocycles. The van der Waals surface area contributed by atoms with Crippen molar-refractivity contribution >= 4 is 17.4 Å². The van der Waals surface area contributed by atoms with Gasteiger partial charge in [-0.3, -0.25) is 4.79 Å². The van der Waals surface area contributed by atoms with Crippen molar-refractivity contribution in [3.8, 4) is 0 Å². The molecule has 0 aliphatic heterocycles. The number of nitrogens with two attached hydrogens (primary N) is 2. The number of carbonyl (C=O) groups is 1. The normalized spacial score (nSPS) is 9.79. The Bertz CT molecular complexity index is 309. The summed E-state index contributed by atoms with van der Waals surface area (Å²) in [4.78, 5) is 16.6. The lowest BCUT2D eigenvalue weighted by atomic mass is 10.3. The highest BCUT2D eigenvalue weighted by atomic mass is 16.1. The lowest BCUT2D eigenvalue weighted by Gasteiger charge is -2.19. The molecule has 5 nitrogen and oxygen atoms in total. The van der Waals surface area contributed by atoms with Crippen LogP contribution in [0.3, 0.4) is 0 Å². The quantitative estimate of drug-likeness (QED) is 0.705. The summed E-state index contributed by atoms with van der Waals surface area (Å²) in [6, 6.07) is 3.51. The first-order chi connectivity index (χ1) is 6.63. The van der Waals surface area contributed by atoms with Crippen LogP contribution in [-0.4, -0.2) is 24.0 Å². The molecule has 0 radical (unpaired) electrons. The van der Waals surface area contributed by atoms with Crippen molar-refractivity contribution in [3.63, 3.8) is 0 Å². The third-order valence-corrected chi connectivity index (χ3v) is 1.82. The summed E-state index contributed by atoms with van der Waals surface area (Å²) < 4.78 is 0. The zero-order valence-electron chi connectivity index (χ0n) is 8.10. The third-order valence-electron chi connectivity index (χ3n) is 1.82. The molecule has 4 N–H and O–H groups in total. The summed E-state index contributed by atoms with van der Waals surface area (Å²) in [5.74, 6) is 0.339. The first kappa shape index (κ1) is 10.3. The number of pyridine rings is 1. The fourth-order valence-electron chi connectivity index (χ4n) is 1.13. The molecule has 76 valence electrons. The molecule has 14 heavy (non-hydrogen) atoms. The fourth-order valence-corrected chi connectivity index (χ4v) is 1.13. The van der Waals surface area contributed by atoms with Crippen LogP contribution in [0.5, 0.6) is 0 Å². The van der Waals surface area contributed by atoms with Crippen molar-refractivity contribution in [2.45, 2.75) is 6.92 Å². The standard InChI is InChI=1S/C9H14N4O/c1-2-13(6-8(11)14)9-4-3-7(10)5-12-9/h3-5H,2,6,10H2,1H3,(H2,11,14). The minimum Gasteiger partial charge on any atom is -0.397 e. The van der Waals surface area contributed by atoms with Crippen molar-refractivity contribution in [2.24, 2.45) is 5.73 Å². The molecule has 0 spiro atoms. The predicted molar refractivity (Wildman–Crippen MR) is 55.7 cm³/mol. The SMILES string of the molecule is CCN(CC(N)=O)c1ccc(N)cn1. The van der Waals surface area contributed by atoms with Gasteiger partial charge in [0.05, 0.1) is 18.4 Å². The maximum absolute atomic E-state index is 10.7. The van der Waals surface area contributed by atoms with Gasteiger partial charge < -0.3 is 16.4 Å². The molecule has 1 amide bonds. The smallest absolute Gasteiger partial charge is 0.236 e. The highest BCUT2D eigenvalue weighted by Gasteiger charge is 2.07. The largest absolute Gasteiger partial charge is 0.397 e. The fraction of sp³-hybridized carbons (Fsp3) is 0.333. The van der Waals surface area contributed by atoms with Gasteiger partial charge in [0, 0.05) is 6.54 Å². The van der Waals surface area contributed by atoms with E-state index in [2.05, 4.69) is 4.98 Å². The maximum atomic E-state index is 10.7. The zero-order chi connectivity index (χ0) is 10.6. The van der Waals surface area contributed by atoms with Crippen LogP contribution in [0.15, 0.2) is 18.3 Å². The summed E-state index contributed by atoms with van der Waals surface area (Å²) >= 11 is 0.